The maximum atomic E-state index is 13.1. The molecule has 1 aliphatic heterocycles. The minimum Gasteiger partial charge on any atom is -0.490 e. The van der Waals surface area contributed by atoms with E-state index in [0.717, 1.165) is 41.0 Å². The molecule has 2 aromatic carbocycles. The number of benzene rings is 2. The van der Waals surface area contributed by atoms with Crippen LogP contribution in [0.25, 0.3) is 0 Å². The summed E-state index contributed by atoms with van der Waals surface area (Å²) in [6.07, 6.45) is 6.07. The van der Waals surface area contributed by atoms with Crippen molar-refractivity contribution in [3.63, 3.8) is 0 Å². The predicted octanol–water partition coefficient (Wildman–Crippen LogP) is 3.34. The summed E-state index contributed by atoms with van der Waals surface area (Å²) in [7, 11) is 0. The van der Waals surface area contributed by atoms with Crippen molar-refractivity contribution in [1.29, 1.82) is 0 Å². The van der Waals surface area contributed by atoms with E-state index in [1.807, 2.05) is 36.4 Å². The van der Waals surface area contributed by atoms with Crippen LogP contribution in [0.4, 0.5) is 10.5 Å². The molecule has 2 aromatic rings. The number of nitrogens with one attached hydrogen (secondary N) is 2. The molecule has 2 aliphatic carbocycles. The number of urea groups is 1. The zero-order valence-corrected chi connectivity index (χ0v) is 17.2. The largest absolute Gasteiger partial charge is 0.490 e. The number of fused-ring (bicyclic) bond motifs is 2. The second kappa shape index (κ2) is 7.72. The van der Waals surface area contributed by atoms with Gasteiger partial charge >= 0.3 is 6.03 Å². The Morgan fingerprint density at radius 2 is 1.84 bits per heavy atom. The molecule has 0 radical (unpaired) electrons. The Morgan fingerprint density at radius 1 is 1.10 bits per heavy atom. The zero-order valence-electron chi connectivity index (χ0n) is 17.2. The lowest BCUT2D eigenvalue weighted by Crippen LogP contribution is -2.42. The molecular formula is C24H25N3O4. The second-order valence-electron chi connectivity index (χ2n) is 8.48. The number of hydrogen-bond donors (Lipinski definition) is 2. The fourth-order valence-corrected chi connectivity index (χ4v) is 4.89. The summed E-state index contributed by atoms with van der Waals surface area (Å²) in [6.45, 7) is -0.324. The van der Waals surface area contributed by atoms with Crippen LogP contribution in [-0.4, -0.2) is 35.4 Å². The van der Waals surface area contributed by atoms with Crippen LogP contribution in [0.1, 0.15) is 43.2 Å². The third-order valence-corrected chi connectivity index (χ3v) is 6.47. The quantitative estimate of drug-likeness (QED) is 0.728. The van der Waals surface area contributed by atoms with Gasteiger partial charge in [-0.25, -0.2) is 4.79 Å². The van der Waals surface area contributed by atoms with E-state index in [0.29, 0.717) is 12.1 Å². The van der Waals surface area contributed by atoms with Crippen molar-refractivity contribution in [2.75, 3.05) is 11.9 Å². The molecule has 2 fully saturated rings. The number of rotatable bonds is 5. The summed E-state index contributed by atoms with van der Waals surface area (Å²) in [4.78, 5) is 39.3. The van der Waals surface area contributed by atoms with Gasteiger partial charge in [0.1, 0.15) is 17.8 Å². The van der Waals surface area contributed by atoms with E-state index in [-0.39, 0.29) is 18.6 Å². The number of ether oxygens (including phenoxy) is 1. The molecule has 160 valence electrons. The molecule has 1 unspecified atom stereocenters. The molecule has 0 bridgehead atoms. The Labute approximate surface area is 180 Å². The van der Waals surface area contributed by atoms with Gasteiger partial charge < -0.3 is 15.4 Å². The van der Waals surface area contributed by atoms with Gasteiger partial charge in [-0.15, -0.1) is 0 Å². The van der Waals surface area contributed by atoms with Gasteiger partial charge in [0.25, 0.3) is 5.91 Å². The van der Waals surface area contributed by atoms with Crippen molar-refractivity contribution in [1.82, 2.24) is 10.2 Å². The Kier molecular flexibility index (Phi) is 4.88. The minimum absolute atomic E-state index is 0.271. The van der Waals surface area contributed by atoms with E-state index in [2.05, 4.69) is 10.6 Å². The summed E-state index contributed by atoms with van der Waals surface area (Å²) in [6, 6.07) is 14.3. The normalized spacial score (nSPS) is 22.6. The summed E-state index contributed by atoms with van der Waals surface area (Å²) in [5.41, 5.74) is 1.43. The van der Waals surface area contributed by atoms with Gasteiger partial charge in [0.15, 0.2) is 0 Å². The molecule has 3 aliphatic rings. The molecule has 2 N–H and O–H groups in total. The Balaban J connectivity index is 1.23. The molecule has 1 saturated heterocycles. The number of hydrogen-bond acceptors (Lipinski definition) is 4. The molecule has 1 spiro atoms. The van der Waals surface area contributed by atoms with Crippen molar-refractivity contribution in [3.8, 4) is 5.75 Å². The fourth-order valence-electron chi connectivity index (χ4n) is 4.89. The van der Waals surface area contributed by atoms with Gasteiger partial charge in [-0.3, -0.25) is 14.5 Å². The van der Waals surface area contributed by atoms with E-state index in [1.165, 1.54) is 12.8 Å². The average molecular weight is 419 g/mol. The highest BCUT2D eigenvalue weighted by Gasteiger charge is 2.55. The summed E-state index contributed by atoms with van der Waals surface area (Å²) < 4.78 is 5.93. The highest BCUT2D eigenvalue weighted by Crippen LogP contribution is 2.41. The van der Waals surface area contributed by atoms with Gasteiger partial charge in [-0.05, 0) is 73.9 Å². The van der Waals surface area contributed by atoms with E-state index in [9.17, 15) is 14.4 Å². The van der Waals surface area contributed by atoms with Crippen molar-refractivity contribution < 1.29 is 19.1 Å². The monoisotopic (exact) mass is 419 g/mol. The van der Waals surface area contributed by atoms with Crippen LogP contribution < -0.4 is 15.4 Å². The molecule has 1 atom stereocenters. The van der Waals surface area contributed by atoms with Gasteiger partial charge in [-0.1, -0.05) is 24.3 Å². The summed E-state index contributed by atoms with van der Waals surface area (Å²) >= 11 is 0. The van der Waals surface area contributed by atoms with E-state index >= 15 is 0 Å². The topological polar surface area (TPSA) is 87.7 Å². The molecule has 7 heteroatoms. The predicted molar refractivity (Wildman–Crippen MR) is 115 cm³/mol. The molecule has 1 heterocycles. The Hall–Kier alpha value is -3.35. The number of imide groups is 1. The smallest absolute Gasteiger partial charge is 0.325 e. The third kappa shape index (κ3) is 3.54. The van der Waals surface area contributed by atoms with Gasteiger partial charge in [0, 0.05) is 5.69 Å². The number of nitrogens with zero attached hydrogens (tertiary/aromatic N) is 1. The zero-order chi connectivity index (χ0) is 21.4. The second-order valence-corrected chi connectivity index (χ2v) is 8.48. The van der Waals surface area contributed by atoms with Crippen LogP contribution in [-0.2, 0) is 21.5 Å². The van der Waals surface area contributed by atoms with Crippen molar-refractivity contribution in [2.45, 2.75) is 50.2 Å². The lowest BCUT2D eigenvalue weighted by atomic mass is 9.92. The number of amides is 4. The van der Waals surface area contributed by atoms with Crippen LogP contribution in [0.3, 0.4) is 0 Å². The maximum Gasteiger partial charge on any atom is 0.325 e. The third-order valence-electron chi connectivity index (χ3n) is 6.47. The van der Waals surface area contributed by atoms with Gasteiger partial charge in [0.2, 0.25) is 5.91 Å². The van der Waals surface area contributed by atoms with Crippen LogP contribution >= 0.6 is 0 Å². The van der Waals surface area contributed by atoms with Gasteiger partial charge in [-0.2, -0.15) is 0 Å². The number of anilines is 1. The highest BCUT2D eigenvalue weighted by atomic mass is 16.5. The van der Waals surface area contributed by atoms with Gasteiger partial charge in [0.05, 0.1) is 6.10 Å². The average Bonchev–Trinajstić information content (AvgIpc) is 3.47. The molecule has 0 aromatic heterocycles. The van der Waals surface area contributed by atoms with Crippen molar-refractivity contribution >= 4 is 23.5 Å². The van der Waals surface area contributed by atoms with Crippen LogP contribution in [0.15, 0.2) is 48.5 Å². The standard InChI is InChI=1S/C24H25N3O4/c28-21(25-17-9-11-19(12-10-17)31-18-6-2-3-7-18)15-27-22(29)24(26-23(27)30)14-13-16-5-1-4-8-20(16)24/h1,4-5,8-12,18H,2-3,6-7,13-15H2,(H,25,28)(H,26,30). The molecule has 31 heavy (non-hydrogen) atoms. The first-order valence-corrected chi connectivity index (χ1v) is 10.8. The van der Waals surface area contributed by atoms with E-state index in [1.54, 1.807) is 12.1 Å². The summed E-state index contributed by atoms with van der Waals surface area (Å²) in [5.74, 6) is -0.00459. The van der Waals surface area contributed by atoms with Crippen LogP contribution in [0.5, 0.6) is 5.75 Å². The first-order valence-electron chi connectivity index (χ1n) is 10.8. The van der Waals surface area contributed by atoms with E-state index < -0.39 is 17.5 Å². The first-order chi connectivity index (χ1) is 15.0. The molecule has 5 rings (SSSR count). The maximum absolute atomic E-state index is 13.1. The molecule has 4 amide bonds. The Morgan fingerprint density at radius 3 is 2.61 bits per heavy atom. The highest BCUT2D eigenvalue weighted by molar-refractivity contribution is 6.10. The fraction of sp³-hybridized carbons (Fsp3) is 0.375. The lowest BCUT2D eigenvalue weighted by molar-refractivity contribution is -0.134. The molecular weight excluding hydrogens is 394 g/mol. The SMILES string of the molecule is O=C(CN1C(=O)NC2(CCc3ccccc32)C1=O)Nc1ccc(OC2CCCC2)cc1. The van der Waals surface area contributed by atoms with Crippen molar-refractivity contribution in [2.24, 2.45) is 0 Å². The van der Waals surface area contributed by atoms with Crippen LogP contribution in [0, 0.1) is 0 Å². The number of aryl methyl sites for hydroxylation is 1. The lowest BCUT2D eigenvalue weighted by Gasteiger charge is -2.22. The van der Waals surface area contributed by atoms with Crippen LogP contribution in [0.2, 0.25) is 0 Å². The van der Waals surface area contributed by atoms with E-state index in [4.69, 9.17) is 4.74 Å². The summed E-state index contributed by atoms with van der Waals surface area (Å²) in [5, 5.41) is 5.60. The first kappa shape index (κ1) is 19.6. The molecule has 7 nitrogen and oxygen atoms in total. The number of carbonyl (C=O) groups is 3. The molecule has 1 saturated carbocycles. The minimum atomic E-state index is -1.05. The van der Waals surface area contributed by atoms with Crippen molar-refractivity contribution in [3.05, 3.63) is 59.7 Å². The number of carbonyl (C=O) groups excluding carboxylic acids is 3. The Bertz CT molecular complexity index is 1030.